The molecule has 2 rings (SSSR count). The van der Waals surface area contributed by atoms with E-state index in [2.05, 4.69) is 36.1 Å². The van der Waals surface area contributed by atoms with E-state index in [1.807, 2.05) is 31.2 Å². The molecule has 0 spiro atoms. The maximum absolute atomic E-state index is 12.6. The maximum atomic E-state index is 12.6. The molecule has 0 aliphatic carbocycles. The number of likely N-dealkylation sites (N-methyl/N-ethyl adjacent to an activating group) is 1. The molecule has 5 nitrogen and oxygen atoms in total. The number of rotatable bonds is 8. The first kappa shape index (κ1) is 19.5. The van der Waals surface area contributed by atoms with E-state index in [1.165, 1.54) is 0 Å². The van der Waals surface area contributed by atoms with Crippen molar-refractivity contribution in [2.45, 2.75) is 40.2 Å². The lowest BCUT2D eigenvalue weighted by molar-refractivity contribution is 0.0945. The standard InChI is InChI=1S/C19H27ClN4O/c1-5-18-17(19(25)21-10-11-23(6-2)14(3)4)13-22-24(18)16-9-7-8-15(20)12-16/h7-9,12-14H,5-6,10-11H2,1-4H3,(H,21,25). The van der Waals surface area contributed by atoms with Crippen molar-refractivity contribution in [3.8, 4) is 5.69 Å². The summed E-state index contributed by atoms with van der Waals surface area (Å²) in [5, 5.41) is 8.05. The molecule has 0 saturated heterocycles. The first-order chi connectivity index (χ1) is 12.0. The molecule has 25 heavy (non-hydrogen) atoms. The topological polar surface area (TPSA) is 50.2 Å². The van der Waals surface area contributed by atoms with E-state index in [0.717, 1.165) is 24.5 Å². The first-order valence-electron chi connectivity index (χ1n) is 8.83. The smallest absolute Gasteiger partial charge is 0.254 e. The lowest BCUT2D eigenvalue weighted by Crippen LogP contribution is -2.38. The van der Waals surface area contributed by atoms with E-state index in [9.17, 15) is 4.79 Å². The van der Waals surface area contributed by atoms with Crippen molar-refractivity contribution in [1.82, 2.24) is 20.0 Å². The van der Waals surface area contributed by atoms with Crippen LogP contribution in [0.5, 0.6) is 0 Å². The third kappa shape index (κ3) is 4.83. The van der Waals surface area contributed by atoms with Crippen molar-refractivity contribution >= 4 is 17.5 Å². The van der Waals surface area contributed by atoms with Crippen LogP contribution in [0, 0.1) is 0 Å². The van der Waals surface area contributed by atoms with Gasteiger partial charge in [-0.25, -0.2) is 4.68 Å². The van der Waals surface area contributed by atoms with Gasteiger partial charge in [0.1, 0.15) is 0 Å². The van der Waals surface area contributed by atoms with Gasteiger partial charge in [-0.1, -0.05) is 31.5 Å². The highest BCUT2D eigenvalue weighted by Crippen LogP contribution is 2.19. The molecule has 0 aliphatic heterocycles. The van der Waals surface area contributed by atoms with Crippen LogP contribution in [0.2, 0.25) is 5.02 Å². The van der Waals surface area contributed by atoms with Crippen molar-refractivity contribution in [3.05, 3.63) is 46.7 Å². The van der Waals surface area contributed by atoms with Gasteiger partial charge in [0.25, 0.3) is 5.91 Å². The maximum Gasteiger partial charge on any atom is 0.254 e. The Bertz CT molecular complexity index is 711. The fraction of sp³-hybridized carbons (Fsp3) is 0.474. The minimum Gasteiger partial charge on any atom is -0.351 e. The van der Waals surface area contributed by atoms with Crippen LogP contribution in [0.25, 0.3) is 5.69 Å². The van der Waals surface area contributed by atoms with Gasteiger partial charge in [-0.05, 0) is 45.0 Å². The van der Waals surface area contributed by atoms with Gasteiger partial charge in [0.15, 0.2) is 0 Å². The molecule has 1 N–H and O–H groups in total. The van der Waals surface area contributed by atoms with Crippen LogP contribution >= 0.6 is 11.6 Å². The van der Waals surface area contributed by atoms with Crippen LogP contribution in [-0.2, 0) is 6.42 Å². The molecule has 1 amide bonds. The Morgan fingerprint density at radius 3 is 2.72 bits per heavy atom. The summed E-state index contributed by atoms with van der Waals surface area (Å²) in [6, 6.07) is 7.95. The molecule has 0 bridgehead atoms. The van der Waals surface area contributed by atoms with Crippen LogP contribution in [0.3, 0.4) is 0 Å². The quantitative estimate of drug-likeness (QED) is 0.781. The number of carbonyl (C=O) groups excluding carboxylic acids is 1. The van der Waals surface area contributed by atoms with E-state index in [4.69, 9.17) is 11.6 Å². The zero-order chi connectivity index (χ0) is 18.4. The molecular formula is C19H27ClN4O. The van der Waals surface area contributed by atoms with Gasteiger partial charge in [-0.3, -0.25) is 9.69 Å². The number of amides is 1. The molecular weight excluding hydrogens is 336 g/mol. The largest absolute Gasteiger partial charge is 0.351 e. The number of nitrogens with zero attached hydrogens (tertiary/aromatic N) is 3. The Morgan fingerprint density at radius 2 is 2.12 bits per heavy atom. The Kier molecular flexibility index (Phi) is 7.02. The zero-order valence-electron chi connectivity index (χ0n) is 15.4. The minimum atomic E-state index is -0.0788. The van der Waals surface area contributed by atoms with E-state index in [-0.39, 0.29) is 5.91 Å². The molecule has 0 atom stereocenters. The first-order valence-corrected chi connectivity index (χ1v) is 9.20. The Balaban J connectivity index is 2.10. The normalized spacial score (nSPS) is 11.3. The van der Waals surface area contributed by atoms with Gasteiger partial charge >= 0.3 is 0 Å². The molecule has 0 unspecified atom stereocenters. The summed E-state index contributed by atoms with van der Waals surface area (Å²) >= 11 is 6.07. The average molecular weight is 363 g/mol. The molecule has 0 radical (unpaired) electrons. The van der Waals surface area contributed by atoms with Crippen molar-refractivity contribution in [3.63, 3.8) is 0 Å². The monoisotopic (exact) mass is 362 g/mol. The van der Waals surface area contributed by atoms with Gasteiger partial charge < -0.3 is 5.32 Å². The molecule has 1 heterocycles. The summed E-state index contributed by atoms with van der Waals surface area (Å²) in [5.74, 6) is -0.0788. The SMILES string of the molecule is CCc1c(C(=O)NCCN(CC)C(C)C)cnn1-c1cccc(Cl)c1. The molecule has 0 fully saturated rings. The van der Waals surface area contributed by atoms with Crippen molar-refractivity contribution in [2.75, 3.05) is 19.6 Å². The highest BCUT2D eigenvalue weighted by Gasteiger charge is 2.17. The molecule has 136 valence electrons. The average Bonchev–Trinajstić information content (AvgIpc) is 3.02. The lowest BCUT2D eigenvalue weighted by Gasteiger charge is -2.24. The number of benzene rings is 1. The van der Waals surface area contributed by atoms with Gasteiger partial charge in [-0.2, -0.15) is 5.10 Å². The molecule has 1 aromatic carbocycles. The number of hydrogen-bond acceptors (Lipinski definition) is 3. The van der Waals surface area contributed by atoms with E-state index in [1.54, 1.807) is 10.9 Å². The Hall–Kier alpha value is -1.85. The molecule has 0 aliphatic rings. The number of halogens is 1. The summed E-state index contributed by atoms with van der Waals surface area (Å²) in [5.41, 5.74) is 2.37. The number of hydrogen-bond donors (Lipinski definition) is 1. The highest BCUT2D eigenvalue weighted by molar-refractivity contribution is 6.30. The second-order valence-electron chi connectivity index (χ2n) is 6.23. The van der Waals surface area contributed by atoms with E-state index >= 15 is 0 Å². The summed E-state index contributed by atoms with van der Waals surface area (Å²) < 4.78 is 1.78. The van der Waals surface area contributed by atoms with Crippen LogP contribution < -0.4 is 5.32 Å². The van der Waals surface area contributed by atoms with Gasteiger partial charge in [0.2, 0.25) is 0 Å². The van der Waals surface area contributed by atoms with E-state index in [0.29, 0.717) is 29.6 Å². The summed E-state index contributed by atoms with van der Waals surface area (Å²) in [4.78, 5) is 14.9. The van der Waals surface area contributed by atoms with Gasteiger partial charge in [-0.15, -0.1) is 0 Å². The van der Waals surface area contributed by atoms with Crippen molar-refractivity contribution in [1.29, 1.82) is 0 Å². The third-order valence-electron chi connectivity index (χ3n) is 4.32. The van der Waals surface area contributed by atoms with Crippen LogP contribution in [0.1, 0.15) is 43.7 Å². The Morgan fingerprint density at radius 1 is 1.36 bits per heavy atom. The fourth-order valence-electron chi connectivity index (χ4n) is 2.92. The summed E-state index contributed by atoms with van der Waals surface area (Å²) in [6.07, 6.45) is 2.34. The van der Waals surface area contributed by atoms with Crippen molar-refractivity contribution in [2.24, 2.45) is 0 Å². The second-order valence-corrected chi connectivity index (χ2v) is 6.66. The summed E-state index contributed by atoms with van der Waals surface area (Å²) in [6.45, 7) is 10.9. The van der Waals surface area contributed by atoms with Crippen LogP contribution in [-0.4, -0.2) is 46.3 Å². The van der Waals surface area contributed by atoms with Crippen LogP contribution in [0.4, 0.5) is 0 Å². The number of nitrogens with one attached hydrogen (secondary N) is 1. The minimum absolute atomic E-state index is 0.0788. The second kappa shape index (κ2) is 9.02. The number of aromatic nitrogens is 2. The lowest BCUT2D eigenvalue weighted by atomic mass is 10.2. The van der Waals surface area contributed by atoms with Gasteiger partial charge in [0.05, 0.1) is 23.1 Å². The fourth-order valence-corrected chi connectivity index (χ4v) is 3.11. The third-order valence-corrected chi connectivity index (χ3v) is 4.56. The molecule has 6 heteroatoms. The molecule has 2 aromatic rings. The molecule has 0 saturated carbocycles. The predicted molar refractivity (Wildman–Crippen MR) is 103 cm³/mol. The summed E-state index contributed by atoms with van der Waals surface area (Å²) in [7, 11) is 0. The Labute approximate surface area is 155 Å². The number of carbonyl (C=O) groups is 1. The zero-order valence-corrected chi connectivity index (χ0v) is 16.2. The van der Waals surface area contributed by atoms with Crippen molar-refractivity contribution < 1.29 is 4.79 Å². The van der Waals surface area contributed by atoms with Crippen LogP contribution in [0.15, 0.2) is 30.5 Å². The van der Waals surface area contributed by atoms with E-state index < -0.39 is 0 Å². The van der Waals surface area contributed by atoms with Gasteiger partial charge in [0, 0.05) is 24.2 Å². The predicted octanol–water partition coefficient (Wildman–Crippen LogP) is 3.55. The molecule has 1 aromatic heterocycles. The highest BCUT2D eigenvalue weighted by atomic mass is 35.5.